The zero-order valence-corrected chi connectivity index (χ0v) is 8.69. The van der Waals surface area contributed by atoms with E-state index in [1.165, 1.54) is 0 Å². The monoisotopic (exact) mass is 206 g/mol. The Kier molecular flexibility index (Phi) is 2.59. The van der Waals surface area contributed by atoms with Gasteiger partial charge in [-0.3, -0.25) is 4.79 Å². The lowest BCUT2D eigenvalue weighted by Gasteiger charge is -2.20. The third-order valence-electron chi connectivity index (χ3n) is 2.67. The zero-order valence-electron chi connectivity index (χ0n) is 8.69. The Balaban J connectivity index is 2.36. The molecule has 1 atom stereocenters. The van der Waals surface area contributed by atoms with Gasteiger partial charge in [0.15, 0.2) is 5.78 Å². The van der Waals surface area contributed by atoms with Crippen molar-refractivity contribution in [3.63, 3.8) is 0 Å². The lowest BCUT2D eigenvalue weighted by atomic mass is 9.97. The molecule has 1 aromatic rings. The molecule has 1 heterocycles. The number of ketones is 1. The second-order valence-corrected chi connectivity index (χ2v) is 3.76. The fourth-order valence-electron chi connectivity index (χ4n) is 1.86. The third-order valence-corrected chi connectivity index (χ3v) is 2.67. The van der Waals surface area contributed by atoms with E-state index in [0.717, 1.165) is 5.56 Å². The van der Waals surface area contributed by atoms with Crippen LogP contribution in [0.1, 0.15) is 30.9 Å². The summed E-state index contributed by atoms with van der Waals surface area (Å²) in [6, 6.07) is 7.29. The minimum absolute atomic E-state index is 0.255. The van der Waals surface area contributed by atoms with E-state index in [1.54, 1.807) is 12.1 Å². The number of rotatable bonds is 3. The highest BCUT2D eigenvalue weighted by atomic mass is 16.6. The number of benzene rings is 1. The molecule has 0 spiro atoms. The first-order chi connectivity index (χ1) is 7.18. The molecule has 1 aliphatic rings. The highest BCUT2D eigenvalue weighted by molar-refractivity contribution is 5.87. The van der Waals surface area contributed by atoms with Gasteiger partial charge in [0.1, 0.15) is 0 Å². The smallest absolute Gasteiger partial charge is 0.254 e. The molecule has 1 aliphatic heterocycles. The van der Waals surface area contributed by atoms with Gasteiger partial charge >= 0.3 is 0 Å². The average Bonchev–Trinajstić information content (AvgIpc) is 2.59. The molecule has 1 unspecified atom stereocenters. The molecule has 0 saturated carbocycles. The predicted molar refractivity (Wildman–Crippen MR) is 55.0 cm³/mol. The lowest BCUT2D eigenvalue weighted by molar-refractivity contribution is -0.205. The summed E-state index contributed by atoms with van der Waals surface area (Å²) in [4.78, 5) is 11.8. The molecular weight excluding hydrogens is 192 g/mol. The van der Waals surface area contributed by atoms with Crippen molar-refractivity contribution in [1.82, 2.24) is 0 Å². The van der Waals surface area contributed by atoms with E-state index in [9.17, 15) is 9.90 Å². The largest absolute Gasteiger partial charge is 0.356 e. The summed E-state index contributed by atoms with van der Waals surface area (Å²) in [5, 5.41) is 10.2. The van der Waals surface area contributed by atoms with E-state index in [2.05, 4.69) is 0 Å². The Morgan fingerprint density at radius 1 is 1.53 bits per heavy atom. The van der Waals surface area contributed by atoms with Crippen molar-refractivity contribution < 1.29 is 14.6 Å². The van der Waals surface area contributed by atoms with E-state index in [1.807, 2.05) is 19.1 Å². The van der Waals surface area contributed by atoms with Crippen LogP contribution in [0, 0.1) is 0 Å². The van der Waals surface area contributed by atoms with Crippen LogP contribution in [-0.4, -0.2) is 10.9 Å². The third kappa shape index (κ3) is 1.58. The Labute approximate surface area is 88.7 Å². The number of hydrogen-bond donors (Lipinski definition) is 1. The van der Waals surface area contributed by atoms with E-state index >= 15 is 0 Å². The van der Waals surface area contributed by atoms with E-state index in [-0.39, 0.29) is 5.78 Å². The fourth-order valence-corrected chi connectivity index (χ4v) is 1.86. The average molecular weight is 206 g/mol. The highest BCUT2D eigenvalue weighted by Gasteiger charge is 2.43. The molecule has 3 nitrogen and oxygen atoms in total. The van der Waals surface area contributed by atoms with E-state index in [0.29, 0.717) is 25.0 Å². The first-order valence-electron chi connectivity index (χ1n) is 5.16. The van der Waals surface area contributed by atoms with Gasteiger partial charge in [0.25, 0.3) is 5.79 Å². The SMILES string of the molecule is CCCC(=O)C1(O)OCc2ccccc21. The summed E-state index contributed by atoms with van der Waals surface area (Å²) >= 11 is 0. The second-order valence-electron chi connectivity index (χ2n) is 3.76. The Bertz CT molecular complexity index is 386. The van der Waals surface area contributed by atoms with Crippen LogP contribution in [0.15, 0.2) is 24.3 Å². The van der Waals surface area contributed by atoms with Crippen molar-refractivity contribution >= 4 is 5.78 Å². The molecule has 0 fully saturated rings. The summed E-state index contributed by atoms with van der Waals surface area (Å²) in [5.74, 6) is -1.96. The molecule has 0 saturated heterocycles. The van der Waals surface area contributed by atoms with Gasteiger partial charge in [-0.25, -0.2) is 0 Å². The number of aliphatic hydroxyl groups is 1. The molecule has 0 aliphatic carbocycles. The standard InChI is InChI=1S/C12H14O3/c1-2-5-11(13)12(14)10-7-4-3-6-9(10)8-15-12/h3-4,6-7,14H,2,5,8H2,1H3. The topological polar surface area (TPSA) is 46.5 Å². The van der Waals surface area contributed by atoms with Gasteiger partial charge in [-0.1, -0.05) is 31.2 Å². The summed E-state index contributed by atoms with van der Waals surface area (Å²) in [5.41, 5.74) is 1.49. The van der Waals surface area contributed by atoms with Crippen LogP contribution >= 0.6 is 0 Å². The summed E-state index contributed by atoms with van der Waals surface area (Å²) < 4.78 is 5.23. The van der Waals surface area contributed by atoms with Crippen molar-refractivity contribution in [1.29, 1.82) is 0 Å². The van der Waals surface area contributed by atoms with Crippen LogP contribution in [0.2, 0.25) is 0 Å². The van der Waals surface area contributed by atoms with Gasteiger partial charge in [0.05, 0.1) is 6.61 Å². The number of ether oxygens (including phenoxy) is 1. The maximum absolute atomic E-state index is 11.8. The molecule has 0 amide bonds. The van der Waals surface area contributed by atoms with Crippen LogP contribution in [0.3, 0.4) is 0 Å². The molecule has 15 heavy (non-hydrogen) atoms. The Hall–Kier alpha value is -1.19. The lowest BCUT2D eigenvalue weighted by Crippen LogP contribution is -2.34. The number of fused-ring (bicyclic) bond motifs is 1. The molecule has 0 aromatic heterocycles. The van der Waals surface area contributed by atoms with Gasteiger partial charge in [-0.15, -0.1) is 0 Å². The van der Waals surface area contributed by atoms with Crippen molar-refractivity contribution in [3.05, 3.63) is 35.4 Å². The molecule has 3 heteroatoms. The van der Waals surface area contributed by atoms with Crippen molar-refractivity contribution in [2.75, 3.05) is 0 Å². The zero-order chi connectivity index (χ0) is 10.9. The summed E-state index contributed by atoms with van der Waals surface area (Å²) in [6.07, 6.45) is 1.05. The van der Waals surface area contributed by atoms with Crippen LogP contribution in [0.25, 0.3) is 0 Å². The number of carbonyl (C=O) groups is 1. The molecular formula is C12H14O3. The molecule has 1 aromatic carbocycles. The fraction of sp³-hybridized carbons (Fsp3) is 0.417. The summed E-state index contributed by atoms with van der Waals surface area (Å²) in [7, 11) is 0. The first-order valence-corrected chi connectivity index (χ1v) is 5.16. The number of Topliss-reactive ketones (excluding diaryl/α,β-unsaturated/α-hetero) is 1. The van der Waals surface area contributed by atoms with Crippen LogP contribution in [0.4, 0.5) is 0 Å². The second kappa shape index (κ2) is 3.76. The minimum Gasteiger partial charge on any atom is -0.356 e. The number of hydrogen-bond acceptors (Lipinski definition) is 3. The maximum atomic E-state index is 11.8. The normalized spacial score (nSPS) is 23.9. The summed E-state index contributed by atoms with van der Waals surface area (Å²) in [6.45, 7) is 2.21. The van der Waals surface area contributed by atoms with E-state index in [4.69, 9.17) is 4.74 Å². The van der Waals surface area contributed by atoms with Gasteiger partial charge in [0, 0.05) is 12.0 Å². The van der Waals surface area contributed by atoms with Gasteiger partial charge in [-0.2, -0.15) is 0 Å². The van der Waals surface area contributed by atoms with Crippen LogP contribution < -0.4 is 0 Å². The van der Waals surface area contributed by atoms with Crippen molar-refractivity contribution in [2.45, 2.75) is 32.2 Å². The minimum atomic E-state index is -1.70. The Morgan fingerprint density at radius 3 is 3.00 bits per heavy atom. The maximum Gasteiger partial charge on any atom is 0.254 e. The molecule has 2 rings (SSSR count). The van der Waals surface area contributed by atoms with Gasteiger partial charge in [-0.05, 0) is 12.0 Å². The number of carbonyl (C=O) groups excluding carboxylic acids is 1. The van der Waals surface area contributed by atoms with E-state index < -0.39 is 5.79 Å². The molecule has 1 N–H and O–H groups in total. The van der Waals surface area contributed by atoms with Gasteiger partial charge in [0.2, 0.25) is 0 Å². The molecule has 0 radical (unpaired) electrons. The van der Waals surface area contributed by atoms with Crippen molar-refractivity contribution in [3.8, 4) is 0 Å². The first kappa shape index (κ1) is 10.3. The van der Waals surface area contributed by atoms with Crippen LogP contribution in [0.5, 0.6) is 0 Å². The quantitative estimate of drug-likeness (QED) is 0.819. The predicted octanol–water partition coefficient (Wildman–Crippen LogP) is 1.73. The van der Waals surface area contributed by atoms with Crippen LogP contribution in [-0.2, 0) is 21.9 Å². The highest BCUT2D eigenvalue weighted by Crippen LogP contribution is 2.35. The molecule has 80 valence electrons. The Morgan fingerprint density at radius 2 is 2.27 bits per heavy atom. The van der Waals surface area contributed by atoms with Crippen molar-refractivity contribution in [2.24, 2.45) is 0 Å². The van der Waals surface area contributed by atoms with Gasteiger partial charge < -0.3 is 9.84 Å². The molecule has 0 bridgehead atoms.